The third-order valence-electron chi connectivity index (χ3n) is 3.64. The molecule has 1 amide bonds. The first-order valence-electron chi connectivity index (χ1n) is 6.02. The standard InChI is InChI=1S/C13H13NO4S/c15-11-8-3-1-2-4-9(8)13(18)7-19-6-5-10(12(16)17)14(11)13/h1-4,10,18H,5-7H2,(H,16,17)/t10-,13?/m0/s1. The number of aliphatic hydroxyl groups is 1. The average Bonchev–Trinajstić information content (AvgIpc) is 2.54. The number of hydrogen-bond donors (Lipinski definition) is 2. The molecule has 1 saturated heterocycles. The summed E-state index contributed by atoms with van der Waals surface area (Å²) in [5, 5.41) is 20.2. The number of benzene rings is 1. The number of rotatable bonds is 1. The molecule has 0 aliphatic carbocycles. The number of hydrogen-bond acceptors (Lipinski definition) is 4. The number of carbonyl (C=O) groups excluding carboxylic acids is 1. The molecule has 1 aromatic carbocycles. The van der Waals surface area contributed by atoms with E-state index in [-0.39, 0.29) is 0 Å². The molecule has 1 unspecified atom stereocenters. The lowest BCUT2D eigenvalue weighted by Gasteiger charge is -2.35. The second kappa shape index (κ2) is 4.25. The number of carboxylic acid groups (broad SMARTS) is 1. The largest absolute Gasteiger partial charge is 0.480 e. The number of nitrogens with zero attached hydrogens (tertiary/aromatic N) is 1. The summed E-state index contributed by atoms with van der Waals surface area (Å²) in [7, 11) is 0. The Labute approximate surface area is 114 Å². The molecule has 2 atom stereocenters. The van der Waals surface area contributed by atoms with Gasteiger partial charge in [-0.05, 0) is 18.2 Å². The Balaban J connectivity index is 2.17. The lowest BCUT2D eigenvalue weighted by molar-refractivity contribution is -0.152. The Bertz CT molecular complexity index is 561. The highest BCUT2D eigenvalue weighted by atomic mass is 32.2. The van der Waals surface area contributed by atoms with Crippen molar-refractivity contribution in [1.29, 1.82) is 0 Å². The molecule has 2 N–H and O–H groups in total. The van der Waals surface area contributed by atoms with Crippen LogP contribution in [-0.4, -0.2) is 44.5 Å². The zero-order chi connectivity index (χ0) is 13.6. The van der Waals surface area contributed by atoms with Crippen LogP contribution < -0.4 is 0 Å². The second-order valence-electron chi connectivity index (χ2n) is 4.73. The first kappa shape index (κ1) is 12.5. The topological polar surface area (TPSA) is 77.8 Å². The van der Waals surface area contributed by atoms with Crippen molar-refractivity contribution >= 4 is 23.6 Å². The molecule has 3 rings (SSSR count). The first-order valence-corrected chi connectivity index (χ1v) is 7.17. The summed E-state index contributed by atoms with van der Waals surface area (Å²) in [5.41, 5.74) is -0.586. The van der Waals surface area contributed by atoms with Crippen molar-refractivity contribution in [2.24, 2.45) is 0 Å². The van der Waals surface area contributed by atoms with E-state index in [2.05, 4.69) is 0 Å². The maximum absolute atomic E-state index is 12.4. The van der Waals surface area contributed by atoms with Gasteiger partial charge < -0.3 is 10.2 Å². The average molecular weight is 279 g/mol. The van der Waals surface area contributed by atoms with Crippen LogP contribution in [0.2, 0.25) is 0 Å². The van der Waals surface area contributed by atoms with E-state index in [1.54, 1.807) is 24.3 Å². The van der Waals surface area contributed by atoms with Crippen molar-refractivity contribution < 1.29 is 19.8 Å². The lowest BCUT2D eigenvalue weighted by Crippen LogP contribution is -2.53. The molecule has 0 radical (unpaired) electrons. The molecule has 5 nitrogen and oxygen atoms in total. The lowest BCUT2D eigenvalue weighted by atomic mass is 10.0. The molecular formula is C13H13NO4S. The van der Waals surface area contributed by atoms with Gasteiger partial charge in [0.2, 0.25) is 0 Å². The van der Waals surface area contributed by atoms with Gasteiger partial charge in [-0.2, -0.15) is 11.8 Å². The normalized spacial score (nSPS) is 29.6. The summed E-state index contributed by atoms with van der Waals surface area (Å²) in [4.78, 5) is 24.9. The van der Waals surface area contributed by atoms with E-state index in [4.69, 9.17) is 0 Å². The van der Waals surface area contributed by atoms with Crippen LogP contribution in [0.3, 0.4) is 0 Å². The smallest absolute Gasteiger partial charge is 0.326 e. The minimum Gasteiger partial charge on any atom is -0.480 e. The van der Waals surface area contributed by atoms with Crippen molar-refractivity contribution in [1.82, 2.24) is 4.90 Å². The van der Waals surface area contributed by atoms with Crippen LogP contribution in [0.15, 0.2) is 24.3 Å². The molecule has 0 spiro atoms. The van der Waals surface area contributed by atoms with Crippen LogP contribution in [0.1, 0.15) is 22.3 Å². The summed E-state index contributed by atoms with van der Waals surface area (Å²) in [6.45, 7) is 0. The van der Waals surface area contributed by atoms with E-state index in [1.807, 2.05) is 0 Å². The van der Waals surface area contributed by atoms with Gasteiger partial charge in [0.25, 0.3) is 5.91 Å². The number of fused-ring (bicyclic) bond motifs is 3. The molecule has 0 saturated carbocycles. The number of carbonyl (C=O) groups is 2. The van der Waals surface area contributed by atoms with E-state index in [0.717, 1.165) is 4.90 Å². The van der Waals surface area contributed by atoms with Gasteiger partial charge >= 0.3 is 5.97 Å². The second-order valence-corrected chi connectivity index (χ2v) is 5.84. The van der Waals surface area contributed by atoms with Crippen LogP contribution in [0.25, 0.3) is 0 Å². The monoisotopic (exact) mass is 279 g/mol. The molecule has 2 heterocycles. The minimum atomic E-state index is -1.50. The predicted molar refractivity (Wildman–Crippen MR) is 69.9 cm³/mol. The van der Waals surface area contributed by atoms with Gasteiger partial charge in [0.05, 0.1) is 0 Å². The van der Waals surface area contributed by atoms with Gasteiger partial charge in [0, 0.05) is 16.9 Å². The zero-order valence-corrected chi connectivity index (χ0v) is 10.9. The fourth-order valence-electron chi connectivity index (χ4n) is 2.77. The van der Waals surface area contributed by atoms with E-state index in [0.29, 0.717) is 29.1 Å². The molecule has 19 heavy (non-hydrogen) atoms. The van der Waals surface area contributed by atoms with Gasteiger partial charge in [-0.1, -0.05) is 18.2 Å². The van der Waals surface area contributed by atoms with Crippen molar-refractivity contribution in [2.75, 3.05) is 11.5 Å². The zero-order valence-electron chi connectivity index (χ0n) is 10.1. The van der Waals surface area contributed by atoms with Crippen molar-refractivity contribution in [3.05, 3.63) is 35.4 Å². The van der Waals surface area contributed by atoms with Crippen LogP contribution >= 0.6 is 11.8 Å². The summed E-state index contributed by atoms with van der Waals surface area (Å²) in [6, 6.07) is 5.82. The Morgan fingerprint density at radius 3 is 2.89 bits per heavy atom. The van der Waals surface area contributed by atoms with Crippen molar-refractivity contribution in [2.45, 2.75) is 18.2 Å². The van der Waals surface area contributed by atoms with Crippen molar-refractivity contribution in [3.63, 3.8) is 0 Å². The van der Waals surface area contributed by atoms with Crippen molar-refractivity contribution in [3.8, 4) is 0 Å². The molecule has 2 aliphatic heterocycles. The maximum Gasteiger partial charge on any atom is 0.326 e. The molecule has 1 aromatic rings. The maximum atomic E-state index is 12.4. The van der Waals surface area contributed by atoms with E-state index in [9.17, 15) is 19.8 Å². The molecule has 6 heteroatoms. The van der Waals surface area contributed by atoms with Gasteiger partial charge in [-0.3, -0.25) is 9.69 Å². The Morgan fingerprint density at radius 2 is 2.16 bits per heavy atom. The van der Waals surface area contributed by atoms with Crippen LogP contribution in [-0.2, 0) is 10.5 Å². The first-order chi connectivity index (χ1) is 9.05. The minimum absolute atomic E-state index is 0.305. The molecular weight excluding hydrogens is 266 g/mol. The summed E-state index contributed by atoms with van der Waals surface area (Å²) >= 11 is 1.47. The summed E-state index contributed by atoms with van der Waals surface area (Å²) in [6.07, 6.45) is 0.349. The fraction of sp³-hybridized carbons (Fsp3) is 0.385. The highest BCUT2D eigenvalue weighted by Gasteiger charge is 2.53. The third-order valence-corrected chi connectivity index (χ3v) is 4.77. The number of thioether (sulfide) groups is 1. The molecule has 0 bridgehead atoms. The van der Waals surface area contributed by atoms with E-state index in [1.165, 1.54) is 11.8 Å². The van der Waals surface area contributed by atoms with Gasteiger partial charge in [0.1, 0.15) is 6.04 Å². The fourth-order valence-corrected chi connectivity index (χ4v) is 3.88. The van der Waals surface area contributed by atoms with Crippen LogP contribution in [0.5, 0.6) is 0 Å². The van der Waals surface area contributed by atoms with Crippen LogP contribution in [0, 0.1) is 0 Å². The molecule has 1 fully saturated rings. The third kappa shape index (κ3) is 1.67. The molecule has 2 aliphatic rings. The highest BCUT2D eigenvalue weighted by Crippen LogP contribution is 2.43. The number of carboxylic acids is 1. The summed E-state index contributed by atoms with van der Waals surface area (Å²) in [5.74, 6) is -0.542. The van der Waals surface area contributed by atoms with E-state index >= 15 is 0 Å². The van der Waals surface area contributed by atoms with Crippen LogP contribution in [0.4, 0.5) is 0 Å². The Hall–Kier alpha value is -1.53. The van der Waals surface area contributed by atoms with Gasteiger partial charge in [-0.25, -0.2) is 4.79 Å². The van der Waals surface area contributed by atoms with Gasteiger partial charge in [-0.15, -0.1) is 0 Å². The summed E-state index contributed by atoms with van der Waals surface area (Å²) < 4.78 is 0. The Morgan fingerprint density at radius 1 is 1.42 bits per heavy atom. The Kier molecular flexibility index (Phi) is 2.79. The molecule has 100 valence electrons. The number of amides is 1. The predicted octanol–water partition coefficient (Wildman–Crippen LogP) is 0.878. The molecule has 0 aromatic heterocycles. The number of aliphatic carboxylic acids is 1. The quantitative estimate of drug-likeness (QED) is 0.798. The SMILES string of the molecule is O=C(O)[C@@H]1CCSCC2(O)c3ccccc3C(=O)N12. The van der Waals surface area contributed by atoms with E-state index < -0.39 is 23.6 Å². The highest BCUT2D eigenvalue weighted by molar-refractivity contribution is 7.99. The van der Waals surface area contributed by atoms with Gasteiger partial charge in [0.15, 0.2) is 5.72 Å².